The average Bonchev–Trinajstić information content (AvgIpc) is 2.41. The van der Waals surface area contributed by atoms with Gasteiger partial charge in [-0.05, 0) is 38.9 Å². The van der Waals surface area contributed by atoms with Gasteiger partial charge >= 0.3 is 5.97 Å². The summed E-state index contributed by atoms with van der Waals surface area (Å²) >= 11 is 0. The van der Waals surface area contributed by atoms with Gasteiger partial charge in [-0.2, -0.15) is 0 Å². The number of ether oxygens (including phenoxy) is 2. The number of fused-ring (bicyclic) bond motifs is 1. The Balaban J connectivity index is 1.86. The van der Waals surface area contributed by atoms with Crippen molar-refractivity contribution in [3.8, 4) is 0 Å². The van der Waals surface area contributed by atoms with E-state index in [0.717, 1.165) is 19.3 Å². The molecule has 1 heterocycles. The van der Waals surface area contributed by atoms with E-state index in [4.69, 9.17) is 13.9 Å². The van der Waals surface area contributed by atoms with Gasteiger partial charge in [0.15, 0.2) is 8.32 Å². The number of carbonyl (C=O) groups is 1. The SMILES string of the molecule is C[Si](C)(C)O[C@@H]1C=CC[C@@H]2OC3(CCCCC3)OC(=O)[C@@]21F. The molecule has 0 aromatic rings. The number of hydrogen-bond acceptors (Lipinski definition) is 4. The van der Waals surface area contributed by atoms with Gasteiger partial charge in [0.2, 0.25) is 5.79 Å². The third kappa shape index (κ3) is 2.76. The molecule has 22 heavy (non-hydrogen) atoms. The molecule has 0 aromatic carbocycles. The summed E-state index contributed by atoms with van der Waals surface area (Å²) in [5.41, 5.74) is -2.22. The molecule has 1 spiro atoms. The highest BCUT2D eigenvalue weighted by atomic mass is 28.4. The van der Waals surface area contributed by atoms with Crippen molar-refractivity contribution in [1.82, 2.24) is 0 Å². The summed E-state index contributed by atoms with van der Waals surface area (Å²) in [6.45, 7) is 5.93. The first-order valence-electron chi connectivity index (χ1n) is 8.20. The van der Waals surface area contributed by atoms with Crippen molar-refractivity contribution in [2.75, 3.05) is 0 Å². The second-order valence-corrected chi connectivity index (χ2v) is 12.0. The zero-order chi connectivity index (χ0) is 16.0. The molecule has 3 rings (SSSR count). The molecule has 0 aromatic heterocycles. The van der Waals surface area contributed by atoms with Gasteiger partial charge < -0.3 is 13.9 Å². The Labute approximate surface area is 132 Å². The molecule has 0 N–H and O–H groups in total. The van der Waals surface area contributed by atoms with Crippen molar-refractivity contribution in [2.45, 2.75) is 81.8 Å². The van der Waals surface area contributed by atoms with Gasteiger partial charge in [0.05, 0.1) is 0 Å². The van der Waals surface area contributed by atoms with Crippen LogP contribution >= 0.6 is 0 Å². The lowest BCUT2D eigenvalue weighted by molar-refractivity contribution is -0.321. The highest BCUT2D eigenvalue weighted by Gasteiger charge is 2.63. The van der Waals surface area contributed by atoms with E-state index in [-0.39, 0.29) is 0 Å². The van der Waals surface area contributed by atoms with Crippen LogP contribution < -0.4 is 0 Å². The summed E-state index contributed by atoms with van der Waals surface area (Å²) in [5, 5.41) is 0. The molecule has 0 bridgehead atoms. The number of alkyl halides is 1. The molecule has 1 saturated carbocycles. The molecule has 1 saturated heterocycles. The molecule has 1 aliphatic heterocycles. The lowest BCUT2D eigenvalue weighted by Crippen LogP contribution is -2.67. The molecule has 124 valence electrons. The zero-order valence-corrected chi connectivity index (χ0v) is 14.6. The van der Waals surface area contributed by atoms with Gasteiger partial charge in [0.25, 0.3) is 5.67 Å². The van der Waals surface area contributed by atoms with Crippen molar-refractivity contribution in [3.05, 3.63) is 12.2 Å². The van der Waals surface area contributed by atoms with E-state index in [1.807, 2.05) is 25.7 Å². The predicted octanol–water partition coefficient (Wildman–Crippen LogP) is 3.48. The lowest BCUT2D eigenvalue weighted by atomic mass is 9.82. The third-order valence-corrected chi connectivity index (χ3v) is 5.55. The number of halogens is 1. The summed E-state index contributed by atoms with van der Waals surface area (Å²) in [7, 11) is -2.00. The van der Waals surface area contributed by atoms with E-state index >= 15 is 4.39 Å². The highest BCUT2D eigenvalue weighted by Crippen LogP contribution is 2.46. The first kappa shape index (κ1) is 16.1. The van der Waals surface area contributed by atoms with E-state index in [2.05, 4.69) is 0 Å². The third-order valence-electron chi connectivity index (χ3n) is 4.59. The first-order chi connectivity index (χ1) is 10.3. The van der Waals surface area contributed by atoms with Crippen LogP contribution in [0.25, 0.3) is 0 Å². The maximum atomic E-state index is 15.6. The summed E-state index contributed by atoms with van der Waals surface area (Å²) < 4.78 is 33.0. The molecule has 3 atom stereocenters. The van der Waals surface area contributed by atoms with E-state index in [1.165, 1.54) is 0 Å². The van der Waals surface area contributed by atoms with Gasteiger partial charge in [0.1, 0.15) is 12.2 Å². The maximum Gasteiger partial charge on any atom is 0.352 e. The van der Waals surface area contributed by atoms with Crippen LogP contribution in [-0.2, 0) is 18.7 Å². The van der Waals surface area contributed by atoms with Crippen molar-refractivity contribution >= 4 is 14.3 Å². The fourth-order valence-corrected chi connectivity index (χ4v) is 4.56. The number of hydrogen-bond donors (Lipinski definition) is 0. The van der Waals surface area contributed by atoms with Crippen molar-refractivity contribution in [3.63, 3.8) is 0 Å². The zero-order valence-electron chi connectivity index (χ0n) is 13.6. The molecule has 2 fully saturated rings. The fraction of sp³-hybridized carbons (Fsp3) is 0.812. The second kappa shape index (κ2) is 5.42. The van der Waals surface area contributed by atoms with Crippen LogP contribution in [0.5, 0.6) is 0 Å². The highest BCUT2D eigenvalue weighted by molar-refractivity contribution is 6.69. The average molecular weight is 328 g/mol. The second-order valence-electron chi connectivity index (χ2n) is 7.55. The molecular formula is C16H25FO4Si. The van der Waals surface area contributed by atoms with Crippen LogP contribution in [0.15, 0.2) is 12.2 Å². The molecule has 2 aliphatic carbocycles. The molecule has 6 heteroatoms. The summed E-state index contributed by atoms with van der Waals surface area (Å²) in [6.07, 6.45) is 6.51. The topological polar surface area (TPSA) is 44.8 Å². The van der Waals surface area contributed by atoms with Gasteiger partial charge in [0, 0.05) is 12.8 Å². The fourth-order valence-electron chi connectivity index (χ4n) is 3.55. The lowest BCUT2D eigenvalue weighted by Gasteiger charge is -2.50. The maximum absolute atomic E-state index is 15.6. The van der Waals surface area contributed by atoms with Gasteiger partial charge in [-0.3, -0.25) is 0 Å². The Morgan fingerprint density at radius 3 is 2.59 bits per heavy atom. The molecular weight excluding hydrogens is 303 g/mol. The molecule has 0 radical (unpaired) electrons. The van der Waals surface area contributed by atoms with E-state index in [9.17, 15) is 4.79 Å². The van der Waals surface area contributed by atoms with Gasteiger partial charge in [-0.1, -0.05) is 18.6 Å². The van der Waals surface area contributed by atoms with E-state index in [0.29, 0.717) is 19.3 Å². The molecule has 3 aliphatic rings. The Morgan fingerprint density at radius 2 is 1.95 bits per heavy atom. The summed E-state index contributed by atoms with van der Waals surface area (Å²) in [5.74, 6) is -1.72. The minimum absolute atomic E-state index is 0.388. The monoisotopic (exact) mass is 328 g/mol. The smallest absolute Gasteiger partial charge is 0.352 e. The molecule has 4 nitrogen and oxygen atoms in total. The summed E-state index contributed by atoms with van der Waals surface area (Å²) in [6, 6.07) is 0. The Bertz CT molecular complexity index is 481. The molecule has 0 unspecified atom stereocenters. The number of esters is 1. The van der Waals surface area contributed by atoms with Crippen molar-refractivity contribution in [2.24, 2.45) is 0 Å². The Morgan fingerprint density at radius 1 is 1.27 bits per heavy atom. The van der Waals surface area contributed by atoms with Crippen LogP contribution in [0, 0.1) is 0 Å². The van der Waals surface area contributed by atoms with Crippen LogP contribution in [0.2, 0.25) is 19.6 Å². The largest absolute Gasteiger partial charge is 0.431 e. The predicted molar refractivity (Wildman–Crippen MR) is 82.6 cm³/mol. The van der Waals surface area contributed by atoms with Gasteiger partial charge in [-0.15, -0.1) is 0 Å². The quantitative estimate of drug-likeness (QED) is 0.442. The number of carbonyl (C=O) groups excluding carboxylic acids is 1. The Hall–Kier alpha value is -0.723. The van der Waals surface area contributed by atoms with E-state index in [1.54, 1.807) is 6.08 Å². The first-order valence-corrected chi connectivity index (χ1v) is 11.6. The normalized spacial score (nSPS) is 37.7. The van der Waals surface area contributed by atoms with Crippen LogP contribution in [0.1, 0.15) is 38.5 Å². The van der Waals surface area contributed by atoms with Crippen LogP contribution in [0.3, 0.4) is 0 Å². The van der Waals surface area contributed by atoms with Crippen molar-refractivity contribution < 1.29 is 23.1 Å². The molecule has 0 amide bonds. The number of rotatable bonds is 2. The summed E-state index contributed by atoms with van der Waals surface area (Å²) in [4.78, 5) is 12.5. The van der Waals surface area contributed by atoms with Crippen LogP contribution in [0.4, 0.5) is 4.39 Å². The minimum Gasteiger partial charge on any atom is -0.431 e. The van der Waals surface area contributed by atoms with Gasteiger partial charge in [-0.25, -0.2) is 9.18 Å². The minimum atomic E-state index is -2.22. The Kier molecular flexibility index (Phi) is 3.98. The standard InChI is InChI=1S/C16H25FO4Si/c1-22(2,3)21-13-9-7-8-12-16(13,17)14(18)20-15(19-12)10-5-4-6-11-15/h7,9,12-13H,4-6,8,10-11H2,1-3H3/t12-,13+,16+/m0/s1. The van der Waals surface area contributed by atoms with Crippen LogP contribution in [-0.4, -0.2) is 38.0 Å². The van der Waals surface area contributed by atoms with Crippen molar-refractivity contribution in [1.29, 1.82) is 0 Å². The van der Waals surface area contributed by atoms with E-state index < -0.39 is 38.0 Å².